The van der Waals surface area contributed by atoms with Gasteiger partial charge in [0.15, 0.2) is 0 Å². The number of fused-ring (bicyclic) bond motifs is 1. The van der Waals surface area contributed by atoms with Crippen molar-refractivity contribution in [1.82, 2.24) is 14.5 Å². The first-order chi connectivity index (χ1) is 18.4. The van der Waals surface area contributed by atoms with Gasteiger partial charge in [0.2, 0.25) is 11.8 Å². The van der Waals surface area contributed by atoms with E-state index in [0.717, 1.165) is 44.7 Å². The molecule has 0 saturated carbocycles. The molecule has 6 nitrogen and oxygen atoms in total. The molecular weight excluding hydrogens is 470 g/mol. The average Bonchev–Trinajstić information content (AvgIpc) is 3.21. The molecule has 5 aromatic rings. The molecule has 188 valence electrons. The number of ether oxygens (including phenoxy) is 1. The van der Waals surface area contributed by atoms with E-state index in [2.05, 4.69) is 68.0 Å². The van der Waals surface area contributed by atoms with Crippen molar-refractivity contribution < 1.29 is 4.74 Å². The normalized spacial score (nSPS) is 11.1. The quantitative estimate of drug-likeness (QED) is 0.231. The Morgan fingerprint density at radius 2 is 1.63 bits per heavy atom. The molecule has 0 fully saturated rings. The fourth-order valence-electron chi connectivity index (χ4n) is 4.72. The third-order valence-electron chi connectivity index (χ3n) is 6.38. The third-order valence-corrected chi connectivity index (χ3v) is 6.38. The summed E-state index contributed by atoms with van der Waals surface area (Å²) < 4.78 is 8.75. The second-order valence-corrected chi connectivity index (χ2v) is 9.51. The van der Waals surface area contributed by atoms with Gasteiger partial charge < -0.3 is 14.6 Å². The minimum Gasteiger partial charge on any atom is -0.436 e. The summed E-state index contributed by atoms with van der Waals surface area (Å²) in [6.45, 7) is 8.95. The number of nitriles is 1. The second-order valence-electron chi connectivity index (χ2n) is 9.51. The number of aryl methyl sites for hydroxylation is 4. The topological polar surface area (TPSA) is 75.8 Å². The first-order valence-electron chi connectivity index (χ1n) is 12.5. The van der Waals surface area contributed by atoms with Crippen LogP contribution in [0.4, 0.5) is 11.6 Å². The summed E-state index contributed by atoms with van der Waals surface area (Å²) in [7, 11) is 0. The van der Waals surface area contributed by atoms with Gasteiger partial charge in [-0.2, -0.15) is 10.2 Å². The van der Waals surface area contributed by atoms with E-state index < -0.39 is 0 Å². The number of aromatic nitrogens is 3. The summed E-state index contributed by atoms with van der Waals surface area (Å²) in [6, 6.07) is 24.3. The largest absolute Gasteiger partial charge is 0.436 e. The minimum absolute atomic E-state index is 0.454. The molecule has 0 saturated heterocycles. The van der Waals surface area contributed by atoms with Crippen molar-refractivity contribution in [2.75, 3.05) is 5.32 Å². The van der Waals surface area contributed by atoms with Crippen LogP contribution in [0.3, 0.4) is 0 Å². The maximum Gasteiger partial charge on any atom is 0.249 e. The molecule has 0 unspecified atom stereocenters. The van der Waals surface area contributed by atoms with Gasteiger partial charge in [0, 0.05) is 24.5 Å². The molecule has 0 bridgehead atoms. The lowest BCUT2D eigenvalue weighted by molar-refractivity contribution is 0.459. The number of hydrogen-bond acceptors (Lipinski definition) is 5. The molecule has 1 N–H and O–H groups in total. The summed E-state index contributed by atoms with van der Waals surface area (Å²) in [5, 5.41) is 12.1. The van der Waals surface area contributed by atoms with E-state index in [9.17, 15) is 0 Å². The van der Waals surface area contributed by atoms with Crippen LogP contribution in [-0.4, -0.2) is 14.5 Å². The van der Waals surface area contributed by atoms with Crippen LogP contribution < -0.4 is 10.1 Å². The SMILES string of the molecule is Cc1cc(C)c(Oc2nc(Nc3ccc(/C=C/C#N)cc3)nc3c(C)cn(Cc4ccccc4)c23)c(C)c1. The van der Waals surface area contributed by atoms with Crippen LogP contribution in [0.5, 0.6) is 11.6 Å². The molecule has 0 amide bonds. The first kappa shape index (κ1) is 24.8. The molecule has 0 aliphatic carbocycles. The van der Waals surface area contributed by atoms with Crippen LogP contribution in [0.25, 0.3) is 17.1 Å². The molecule has 5 rings (SSSR count). The molecule has 38 heavy (non-hydrogen) atoms. The second kappa shape index (κ2) is 10.6. The van der Waals surface area contributed by atoms with Gasteiger partial charge in [-0.3, -0.25) is 0 Å². The fraction of sp³-hybridized carbons (Fsp3) is 0.156. The van der Waals surface area contributed by atoms with Crippen molar-refractivity contribution in [3.8, 4) is 17.7 Å². The third kappa shape index (κ3) is 5.28. The molecule has 2 heterocycles. The van der Waals surface area contributed by atoms with Gasteiger partial charge in [0.25, 0.3) is 0 Å². The minimum atomic E-state index is 0.454. The van der Waals surface area contributed by atoms with Gasteiger partial charge in [0.05, 0.1) is 6.07 Å². The predicted molar refractivity (Wildman–Crippen MR) is 153 cm³/mol. The van der Waals surface area contributed by atoms with Crippen LogP contribution >= 0.6 is 0 Å². The highest BCUT2D eigenvalue weighted by molar-refractivity contribution is 5.86. The van der Waals surface area contributed by atoms with E-state index in [0.29, 0.717) is 18.4 Å². The maximum absolute atomic E-state index is 8.77. The number of nitrogens with zero attached hydrogens (tertiary/aromatic N) is 4. The zero-order chi connectivity index (χ0) is 26.6. The first-order valence-corrected chi connectivity index (χ1v) is 12.5. The molecule has 0 aliphatic heterocycles. The number of rotatable bonds is 7. The number of allylic oxidation sites excluding steroid dienone is 1. The summed E-state index contributed by atoms with van der Waals surface area (Å²) in [6.07, 6.45) is 5.33. The van der Waals surface area contributed by atoms with Crippen molar-refractivity contribution in [2.24, 2.45) is 0 Å². The van der Waals surface area contributed by atoms with Gasteiger partial charge in [-0.15, -0.1) is 0 Å². The van der Waals surface area contributed by atoms with Crippen molar-refractivity contribution in [1.29, 1.82) is 5.26 Å². The van der Waals surface area contributed by atoms with E-state index in [-0.39, 0.29) is 0 Å². The fourth-order valence-corrected chi connectivity index (χ4v) is 4.72. The van der Waals surface area contributed by atoms with Crippen LogP contribution in [-0.2, 0) is 6.54 Å². The maximum atomic E-state index is 8.77. The van der Waals surface area contributed by atoms with Crippen LogP contribution in [0, 0.1) is 39.0 Å². The molecule has 0 aliphatic rings. The Morgan fingerprint density at radius 1 is 0.921 bits per heavy atom. The van der Waals surface area contributed by atoms with Gasteiger partial charge >= 0.3 is 0 Å². The Balaban J connectivity index is 1.60. The lowest BCUT2D eigenvalue weighted by Crippen LogP contribution is -2.04. The Morgan fingerprint density at radius 3 is 2.32 bits per heavy atom. The highest BCUT2D eigenvalue weighted by Crippen LogP contribution is 2.35. The van der Waals surface area contributed by atoms with Gasteiger partial charge in [-0.1, -0.05) is 60.2 Å². The van der Waals surface area contributed by atoms with E-state index in [1.807, 2.05) is 48.5 Å². The molecule has 0 radical (unpaired) electrons. The number of nitrogens with one attached hydrogen (secondary N) is 1. The molecule has 6 heteroatoms. The van der Waals surface area contributed by atoms with Crippen molar-refractivity contribution in [3.63, 3.8) is 0 Å². The lowest BCUT2D eigenvalue weighted by Gasteiger charge is -2.16. The Hall–Kier alpha value is -4.89. The number of anilines is 2. The summed E-state index contributed by atoms with van der Waals surface area (Å²) in [5.41, 5.74) is 9.01. The summed E-state index contributed by atoms with van der Waals surface area (Å²) in [5.74, 6) is 1.77. The average molecular weight is 500 g/mol. The van der Waals surface area contributed by atoms with Crippen molar-refractivity contribution >= 4 is 28.7 Å². The molecule has 2 aromatic heterocycles. The van der Waals surface area contributed by atoms with Gasteiger partial charge in [0.1, 0.15) is 16.8 Å². The monoisotopic (exact) mass is 499 g/mol. The molecule has 3 aromatic carbocycles. The van der Waals surface area contributed by atoms with Crippen molar-refractivity contribution in [3.05, 3.63) is 112 Å². The summed E-state index contributed by atoms with van der Waals surface area (Å²) >= 11 is 0. The van der Waals surface area contributed by atoms with Crippen LogP contribution in [0.2, 0.25) is 0 Å². The molecule has 0 atom stereocenters. The lowest BCUT2D eigenvalue weighted by atomic mass is 10.1. The van der Waals surface area contributed by atoms with E-state index in [4.69, 9.17) is 20.0 Å². The highest BCUT2D eigenvalue weighted by atomic mass is 16.5. The van der Waals surface area contributed by atoms with Crippen LogP contribution in [0.1, 0.15) is 33.4 Å². The van der Waals surface area contributed by atoms with Crippen LogP contribution in [0.15, 0.2) is 79.0 Å². The highest BCUT2D eigenvalue weighted by Gasteiger charge is 2.19. The number of benzene rings is 3. The standard InChI is InChI=1S/C32H29N5O/c1-21-17-22(2)30(23(3)18-21)38-31-29-28(24(4)19-37(29)20-26-9-6-5-7-10-26)35-32(36-31)34-27-14-12-25(13-15-27)11-8-16-33/h5-15,17-19H,20H2,1-4H3,(H,34,35,36)/b11-8+. The smallest absolute Gasteiger partial charge is 0.249 e. The molecular formula is C32H29N5O. The zero-order valence-electron chi connectivity index (χ0n) is 22.0. The van der Waals surface area contributed by atoms with E-state index in [1.165, 1.54) is 17.2 Å². The van der Waals surface area contributed by atoms with Gasteiger partial charge in [-0.05, 0) is 73.7 Å². The Kier molecular flexibility index (Phi) is 6.92. The van der Waals surface area contributed by atoms with Crippen molar-refractivity contribution in [2.45, 2.75) is 34.2 Å². The Bertz CT molecular complexity index is 1650. The predicted octanol–water partition coefficient (Wildman–Crippen LogP) is 7.79. The van der Waals surface area contributed by atoms with E-state index in [1.54, 1.807) is 6.08 Å². The summed E-state index contributed by atoms with van der Waals surface area (Å²) in [4.78, 5) is 9.75. The zero-order valence-corrected chi connectivity index (χ0v) is 22.0. The Labute approximate surface area is 222 Å². The number of hydrogen-bond donors (Lipinski definition) is 1. The molecule has 0 spiro atoms. The van der Waals surface area contributed by atoms with E-state index >= 15 is 0 Å². The van der Waals surface area contributed by atoms with Gasteiger partial charge in [-0.25, -0.2) is 4.98 Å².